The van der Waals surface area contributed by atoms with Crippen molar-refractivity contribution >= 4 is 5.97 Å². The van der Waals surface area contributed by atoms with E-state index < -0.39 is 11.4 Å². The smallest absolute Gasteiger partial charge is 0.312 e. The van der Waals surface area contributed by atoms with Gasteiger partial charge < -0.3 is 19.8 Å². The van der Waals surface area contributed by atoms with Crippen LogP contribution in [0.25, 0.3) is 0 Å². The van der Waals surface area contributed by atoms with Gasteiger partial charge in [0.2, 0.25) is 0 Å². The van der Waals surface area contributed by atoms with Gasteiger partial charge in [-0.05, 0) is 32.4 Å². The van der Waals surface area contributed by atoms with E-state index in [2.05, 4.69) is 4.90 Å². The first-order valence-electron chi connectivity index (χ1n) is 5.70. The SMILES string of the molecule is COCCCN1CCC(CO)(C(=O)O)CC1. The van der Waals surface area contributed by atoms with Crippen molar-refractivity contribution in [3.63, 3.8) is 0 Å². The molecule has 2 N–H and O–H groups in total. The first-order chi connectivity index (χ1) is 7.64. The van der Waals surface area contributed by atoms with Crippen molar-refractivity contribution in [2.45, 2.75) is 19.3 Å². The highest BCUT2D eigenvalue weighted by Gasteiger charge is 2.40. The van der Waals surface area contributed by atoms with E-state index in [9.17, 15) is 9.90 Å². The third-order valence-corrected chi connectivity index (χ3v) is 3.39. The van der Waals surface area contributed by atoms with E-state index in [-0.39, 0.29) is 6.61 Å². The Bertz CT molecular complexity index is 224. The lowest BCUT2D eigenvalue weighted by Gasteiger charge is -2.37. The van der Waals surface area contributed by atoms with Crippen LogP contribution < -0.4 is 0 Å². The molecule has 0 aliphatic carbocycles. The predicted octanol–water partition coefficient (Wildman–Crippen LogP) is 0.182. The summed E-state index contributed by atoms with van der Waals surface area (Å²) in [4.78, 5) is 13.3. The molecule has 0 bridgehead atoms. The fraction of sp³-hybridized carbons (Fsp3) is 0.909. The van der Waals surface area contributed by atoms with Crippen molar-refractivity contribution in [1.29, 1.82) is 0 Å². The molecule has 0 spiro atoms. The minimum absolute atomic E-state index is 0.256. The van der Waals surface area contributed by atoms with E-state index in [0.29, 0.717) is 12.8 Å². The summed E-state index contributed by atoms with van der Waals surface area (Å²) in [6.45, 7) is 2.91. The average molecular weight is 231 g/mol. The maximum atomic E-state index is 11.1. The summed E-state index contributed by atoms with van der Waals surface area (Å²) < 4.78 is 4.97. The molecule has 1 saturated heterocycles. The zero-order chi connectivity index (χ0) is 12.0. The fourth-order valence-electron chi connectivity index (χ4n) is 2.08. The lowest BCUT2D eigenvalue weighted by molar-refractivity contribution is -0.155. The van der Waals surface area contributed by atoms with Gasteiger partial charge in [-0.1, -0.05) is 0 Å². The van der Waals surface area contributed by atoms with Crippen molar-refractivity contribution in [2.24, 2.45) is 5.41 Å². The van der Waals surface area contributed by atoms with Crippen LogP contribution in [-0.2, 0) is 9.53 Å². The molecule has 5 nitrogen and oxygen atoms in total. The molecule has 0 amide bonds. The van der Waals surface area contributed by atoms with Crippen LogP contribution in [0.1, 0.15) is 19.3 Å². The Morgan fingerprint density at radius 3 is 2.50 bits per heavy atom. The van der Waals surface area contributed by atoms with Crippen LogP contribution in [0.3, 0.4) is 0 Å². The van der Waals surface area contributed by atoms with Gasteiger partial charge in [0, 0.05) is 20.3 Å². The number of piperidine rings is 1. The lowest BCUT2D eigenvalue weighted by atomic mass is 9.79. The van der Waals surface area contributed by atoms with E-state index in [4.69, 9.17) is 9.84 Å². The standard InChI is InChI=1S/C11H21NO4/c1-16-8-2-5-12-6-3-11(9-13,4-7-12)10(14)15/h13H,2-9H2,1H3,(H,14,15). The van der Waals surface area contributed by atoms with Gasteiger partial charge in [0.15, 0.2) is 0 Å². The number of likely N-dealkylation sites (tertiary alicyclic amines) is 1. The number of aliphatic carboxylic acids is 1. The van der Waals surface area contributed by atoms with Gasteiger partial charge in [-0.3, -0.25) is 4.79 Å². The second-order valence-corrected chi connectivity index (χ2v) is 4.43. The number of aliphatic hydroxyl groups is 1. The van der Waals surface area contributed by atoms with Gasteiger partial charge >= 0.3 is 5.97 Å². The summed E-state index contributed by atoms with van der Waals surface area (Å²) in [5.74, 6) is -0.869. The molecule has 0 aromatic carbocycles. The number of rotatable bonds is 6. The van der Waals surface area contributed by atoms with Crippen LogP contribution >= 0.6 is 0 Å². The number of ether oxygens (including phenoxy) is 1. The van der Waals surface area contributed by atoms with Gasteiger partial charge in [0.1, 0.15) is 0 Å². The fourth-order valence-corrected chi connectivity index (χ4v) is 2.08. The topological polar surface area (TPSA) is 70.0 Å². The highest BCUT2D eigenvalue weighted by molar-refractivity contribution is 5.75. The summed E-state index contributed by atoms with van der Waals surface area (Å²) in [6, 6.07) is 0. The van der Waals surface area contributed by atoms with Gasteiger partial charge in [-0.15, -0.1) is 0 Å². The number of carboxylic acids is 1. The molecule has 0 unspecified atom stereocenters. The van der Waals surface area contributed by atoms with Crippen molar-refractivity contribution in [3.8, 4) is 0 Å². The molecule has 0 radical (unpaired) electrons. The average Bonchev–Trinajstić information content (AvgIpc) is 2.30. The Hall–Kier alpha value is -0.650. The van der Waals surface area contributed by atoms with Gasteiger partial charge in [0.25, 0.3) is 0 Å². The molecule has 1 fully saturated rings. The highest BCUT2D eigenvalue weighted by Crippen LogP contribution is 2.31. The molecule has 1 rings (SSSR count). The molecule has 0 aromatic heterocycles. The van der Waals surface area contributed by atoms with Crippen LogP contribution in [-0.4, -0.2) is 61.0 Å². The van der Waals surface area contributed by atoms with E-state index in [1.165, 1.54) is 0 Å². The maximum absolute atomic E-state index is 11.1. The molecule has 94 valence electrons. The van der Waals surface area contributed by atoms with Crippen LogP contribution in [0.2, 0.25) is 0 Å². The number of hydrogen-bond acceptors (Lipinski definition) is 4. The zero-order valence-corrected chi connectivity index (χ0v) is 9.81. The van der Waals surface area contributed by atoms with Gasteiger partial charge in [0.05, 0.1) is 12.0 Å². The molecule has 0 aromatic rings. The summed E-state index contributed by atoms with van der Waals surface area (Å²) in [6.07, 6.45) is 2.04. The third-order valence-electron chi connectivity index (χ3n) is 3.39. The van der Waals surface area contributed by atoms with Crippen LogP contribution in [0.15, 0.2) is 0 Å². The molecule has 5 heteroatoms. The Morgan fingerprint density at radius 1 is 1.44 bits per heavy atom. The van der Waals surface area contributed by atoms with E-state index in [0.717, 1.165) is 32.7 Å². The van der Waals surface area contributed by atoms with Crippen molar-refractivity contribution < 1.29 is 19.7 Å². The molecule has 0 atom stereocenters. The third kappa shape index (κ3) is 3.17. The molecule has 0 saturated carbocycles. The molecular weight excluding hydrogens is 210 g/mol. The largest absolute Gasteiger partial charge is 0.481 e. The highest BCUT2D eigenvalue weighted by atomic mass is 16.5. The van der Waals surface area contributed by atoms with Crippen LogP contribution in [0, 0.1) is 5.41 Å². The maximum Gasteiger partial charge on any atom is 0.312 e. The van der Waals surface area contributed by atoms with E-state index >= 15 is 0 Å². The van der Waals surface area contributed by atoms with Crippen molar-refractivity contribution in [2.75, 3.05) is 40.0 Å². The Morgan fingerprint density at radius 2 is 2.06 bits per heavy atom. The normalized spacial score (nSPS) is 20.9. The van der Waals surface area contributed by atoms with Crippen LogP contribution in [0.4, 0.5) is 0 Å². The zero-order valence-electron chi connectivity index (χ0n) is 9.81. The summed E-state index contributed by atoms with van der Waals surface area (Å²) >= 11 is 0. The summed E-state index contributed by atoms with van der Waals surface area (Å²) in [5, 5.41) is 18.3. The second kappa shape index (κ2) is 6.18. The van der Waals surface area contributed by atoms with Crippen molar-refractivity contribution in [3.05, 3.63) is 0 Å². The molecule has 16 heavy (non-hydrogen) atoms. The summed E-state index contributed by atoms with van der Waals surface area (Å²) in [7, 11) is 1.68. The number of carbonyl (C=O) groups is 1. The van der Waals surface area contributed by atoms with E-state index in [1.54, 1.807) is 7.11 Å². The number of methoxy groups -OCH3 is 1. The van der Waals surface area contributed by atoms with Gasteiger partial charge in [-0.25, -0.2) is 0 Å². The van der Waals surface area contributed by atoms with Gasteiger partial charge in [-0.2, -0.15) is 0 Å². The van der Waals surface area contributed by atoms with E-state index in [1.807, 2.05) is 0 Å². The molecule has 1 aliphatic heterocycles. The Labute approximate surface area is 96.0 Å². The van der Waals surface area contributed by atoms with Crippen LogP contribution in [0.5, 0.6) is 0 Å². The Kier molecular flexibility index (Phi) is 5.18. The Balaban J connectivity index is 2.35. The number of aliphatic hydroxyl groups excluding tert-OH is 1. The number of nitrogens with zero attached hydrogens (tertiary/aromatic N) is 1. The first-order valence-corrected chi connectivity index (χ1v) is 5.70. The monoisotopic (exact) mass is 231 g/mol. The lowest BCUT2D eigenvalue weighted by Crippen LogP contribution is -2.46. The molecule has 1 aliphatic rings. The molecule has 1 heterocycles. The molecular formula is C11H21NO4. The quantitative estimate of drug-likeness (QED) is 0.638. The number of hydrogen-bond donors (Lipinski definition) is 2. The summed E-state index contributed by atoms with van der Waals surface area (Å²) in [5.41, 5.74) is -0.905. The second-order valence-electron chi connectivity index (χ2n) is 4.43. The van der Waals surface area contributed by atoms with Crippen molar-refractivity contribution in [1.82, 2.24) is 4.90 Å². The first kappa shape index (κ1) is 13.4. The minimum atomic E-state index is -0.905. The predicted molar refractivity (Wildman–Crippen MR) is 59.3 cm³/mol. The minimum Gasteiger partial charge on any atom is -0.481 e. The number of carboxylic acid groups (broad SMARTS) is 1.